The molecule has 0 saturated carbocycles. The van der Waals surface area contributed by atoms with Gasteiger partial charge in [0.15, 0.2) is 5.96 Å². The normalized spacial score (nSPS) is 10.5. The molecule has 0 aliphatic carbocycles. The number of nitrogens with one attached hydrogen (secondary N) is 2. The first kappa shape index (κ1) is 22.7. The Bertz CT molecular complexity index is 775. The smallest absolute Gasteiger partial charge is 0.195 e. The largest absolute Gasteiger partial charge is 0.493 e. The molecule has 2 aromatic rings. The van der Waals surface area contributed by atoms with Gasteiger partial charge in [0.2, 0.25) is 0 Å². The van der Waals surface area contributed by atoms with Gasteiger partial charge in [-0.15, -0.1) is 24.0 Å². The van der Waals surface area contributed by atoms with E-state index in [0.29, 0.717) is 31.3 Å². The number of anilines is 1. The molecule has 7 heteroatoms. The number of hydrogen-bond acceptors (Lipinski definition) is 4. The summed E-state index contributed by atoms with van der Waals surface area (Å²) in [7, 11) is 3.39. The van der Waals surface area contributed by atoms with Crippen LogP contribution < -0.4 is 15.4 Å². The maximum atomic E-state index is 8.97. The monoisotopic (exact) mass is 480 g/mol. The van der Waals surface area contributed by atoms with E-state index in [0.717, 1.165) is 23.4 Å². The van der Waals surface area contributed by atoms with Gasteiger partial charge in [-0.25, -0.2) is 0 Å². The highest BCUT2D eigenvalue weighted by molar-refractivity contribution is 14.0. The highest BCUT2D eigenvalue weighted by Gasteiger charge is 2.02. The molecule has 0 aliphatic heterocycles. The van der Waals surface area contributed by atoms with Crippen molar-refractivity contribution in [2.45, 2.75) is 13.0 Å². The van der Waals surface area contributed by atoms with Gasteiger partial charge in [-0.2, -0.15) is 5.26 Å². The van der Waals surface area contributed by atoms with Crippen LogP contribution in [-0.4, -0.2) is 33.3 Å². The maximum absolute atomic E-state index is 8.97. The van der Waals surface area contributed by atoms with Gasteiger partial charge in [0, 0.05) is 45.5 Å². The predicted molar refractivity (Wildman–Crippen MR) is 119 cm³/mol. The summed E-state index contributed by atoms with van der Waals surface area (Å²) in [4.78, 5) is 4.23. The van der Waals surface area contributed by atoms with Gasteiger partial charge in [0.25, 0.3) is 0 Å². The Balaban J connectivity index is 0.00000364. The molecule has 0 heterocycles. The molecule has 0 amide bonds. The Hall–Kier alpha value is -2.31. The van der Waals surface area contributed by atoms with Gasteiger partial charge in [-0.3, -0.25) is 4.99 Å². The predicted octanol–water partition coefficient (Wildman–Crippen LogP) is 3.78. The van der Waals surface area contributed by atoms with E-state index in [1.807, 2.05) is 42.5 Å². The third kappa shape index (κ3) is 8.28. The second-order valence-electron chi connectivity index (χ2n) is 5.59. The molecule has 0 saturated heterocycles. The van der Waals surface area contributed by atoms with E-state index in [9.17, 15) is 0 Å². The molecule has 0 aliphatic rings. The van der Waals surface area contributed by atoms with Crippen molar-refractivity contribution in [1.82, 2.24) is 5.32 Å². The van der Waals surface area contributed by atoms with Crippen LogP contribution >= 0.6 is 24.0 Å². The van der Waals surface area contributed by atoms with E-state index in [1.165, 1.54) is 0 Å². The number of methoxy groups -OCH3 is 1. The van der Waals surface area contributed by atoms with Crippen molar-refractivity contribution in [3.63, 3.8) is 0 Å². The summed E-state index contributed by atoms with van der Waals surface area (Å²) in [5, 5.41) is 15.4. The summed E-state index contributed by atoms with van der Waals surface area (Å²) in [6.07, 6.45) is 0.846. The summed E-state index contributed by atoms with van der Waals surface area (Å²) in [5.74, 6) is 1.44. The summed E-state index contributed by atoms with van der Waals surface area (Å²) in [6.45, 7) is 1.86. The lowest BCUT2D eigenvalue weighted by molar-refractivity contribution is 0.172. The van der Waals surface area contributed by atoms with Crippen LogP contribution in [0.3, 0.4) is 0 Å². The van der Waals surface area contributed by atoms with Crippen molar-refractivity contribution in [3.8, 4) is 11.8 Å². The summed E-state index contributed by atoms with van der Waals surface area (Å²) < 4.78 is 10.7. The van der Waals surface area contributed by atoms with E-state index in [-0.39, 0.29) is 24.0 Å². The van der Waals surface area contributed by atoms with Crippen molar-refractivity contribution in [2.24, 2.45) is 4.99 Å². The minimum Gasteiger partial charge on any atom is -0.493 e. The van der Waals surface area contributed by atoms with E-state index < -0.39 is 0 Å². The SMILES string of the molecule is CN=C(NCc1cccc(C#N)c1)Nc1cccc(OCCCOC)c1.I. The third-order valence-electron chi connectivity index (χ3n) is 3.60. The van der Waals surface area contributed by atoms with Gasteiger partial charge in [-0.1, -0.05) is 18.2 Å². The molecule has 0 atom stereocenters. The van der Waals surface area contributed by atoms with Crippen LogP contribution in [0.4, 0.5) is 5.69 Å². The highest BCUT2D eigenvalue weighted by atomic mass is 127. The van der Waals surface area contributed by atoms with E-state index in [1.54, 1.807) is 20.2 Å². The third-order valence-corrected chi connectivity index (χ3v) is 3.60. The van der Waals surface area contributed by atoms with Crippen LogP contribution in [0.1, 0.15) is 17.5 Å². The fourth-order valence-corrected chi connectivity index (χ4v) is 2.31. The Morgan fingerprint density at radius 1 is 1.15 bits per heavy atom. The lowest BCUT2D eigenvalue weighted by Gasteiger charge is -2.13. The zero-order valence-electron chi connectivity index (χ0n) is 15.6. The number of aliphatic imine (C=N–C) groups is 1. The number of halogens is 1. The molecule has 0 unspecified atom stereocenters. The van der Waals surface area contributed by atoms with Crippen molar-refractivity contribution >= 4 is 35.6 Å². The van der Waals surface area contributed by atoms with Crippen LogP contribution in [0.5, 0.6) is 5.75 Å². The zero-order chi connectivity index (χ0) is 18.6. The molecule has 2 N–H and O–H groups in total. The van der Waals surface area contributed by atoms with Gasteiger partial charge in [0.1, 0.15) is 5.75 Å². The lowest BCUT2D eigenvalue weighted by Crippen LogP contribution is -2.30. The minimum atomic E-state index is 0. The number of nitriles is 1. The Morgan fingerprint density at radius 3 is 2.70 bits per heavy atom. The Morgan fingerprint density at radius 2 is 1.96 bits per heavy atom. The number of nitrogens with zero attached hydrogens (tertiary/aromatic N) is 2. The topological polar surface area (TPSA) is 78.7 Å². The van der Waals surface area contributed by atoms with Gasteiger partial charge in [0.05, 0.1) is 18.2 Å². The number of benzene rings is 2. The lowest BCUT2D eigenvalue weighted by atomic mass is 10.1. The molecule has 2 rings (SSSR count). The van der Waals surface area contributed by atoms with Crippen molar-refractivity contribution < 1.29 is 9.47 Å². The van der Waals surface area contributed by atoms with Crippen molar-refractivity contribution in [3.05, 3.63) is 59.7 Å². The fourth-order valence-electron chi connectivity index (χ4n) is 2.31. The Labute approximate surface area is 177 Å². The molecule has 144 valence electrons. The van der Waals surface area contributed by atoms with Crippen molar-refractivity contribution in [2.75, 3.05) is 32.7 Å². The zero-order valence-corrected chi connectivity index (χ0v) is 17.9. The van der Waals surface area contributed by atoms with E-state index in [2.05, 4.69) is 21.7 Å². The van der Waals surface area contributed by atoms with Crippen LogP contribution in [0, 0.1) is 11.3 Å². The molecular weight excluding hydrogens is 455 g/mol. The van der Waals surface area contributed by atoms with Crippen LogP contribution in [0.15, 0.2) is 53.5 Å². The quantitative estimate of drug-likeness (QED) is 0.260. The number of ether oxygens (including phenoxy) is 2. The van der Waals surface area contributed by atoms with Gasteiger partial charge in [-0.05, 0) is 29.8 Å². The van der Waals surface area contributed by atoms with Crippen molar-refractivity contribution in [1.29, 1.82) is 5.26 Å². The summed E-state index contributed by atoms with van der Waals surface area (Å²) in [6, 6.07) is 17.3. The van der Waals surface area contributed by atoms with E-state index in [4.69, 9.17) is 14.7 Å². The summed E-state index contributed by atoms with van der Waals surface area (Å²) >= 11 is 0. The molecule has 0 fully saturated rings. The minimum absolute atomic E-state index is 0. The molecule has 0 aromatic heterocycles. The molecule has 27 heavy (non-hydrogen) atoms. The fraction of sp³-hybridized carbons (Fsp3) is 0.300. The average molecular weight is 480 g/mol. The molecule has 6 nitrogen and oxygen atoms in total. The number of rotatable bonds is 8. The molecular formula is C20H25IN4O2. The number of hydrogen-bond donors (Lipinski definition) is 2. The second-order valence-corrected chi connectivity index (χ2v) is 5.59. The highest BCUT2D eigenvalue weighted by Crippen LogP contribution is 2.17. The van der Waals surface area contributed by atoms with Gasteiger partial charge >= 0.3 is 0 Å². The first-order valence-corrected chi connectivity index (χ1v) is 8.43. The van der Waals surface area contributed by atoms with Crippen LogP contribution in [0.2, 0.25) is 0 Å². The van der Waals surface area contributed by atoms with E-state index >= 15 is 0 Å². The first-order chi connectivity index (χ1) is 12.7. The second kappa shape index (κ2) is 12.9. The molecule has 0 radical (unpaired) electrons. The summed E-state index contributed by atoms with van der Waals surface area (Å²) in [5.41, 5.74) is 2.54. The average Bonchev–Trinajstić information content (AvgIpc) is 2.69. The van der Waals surface area contributed by atoms with Gasteiger partial charge < -0.3 is 20.1 Å². The molecule has 0 spiro atoms. The number of guanidine groups is 1. The molecule has 0 bridgehead atoms. The maximum Gasteiger partial charge on any atom is 0.195 e. The van der Waals surface area contributed by atoms with Crippen LogP contribution in [0.25, 0.3) is 0 Å². The van der Waals surface area contributed by atoms with Crippen LogP contribution in [-0.2, 0) is 11.3 Å². The molecule has 2 aromatic carbocycles. The first-order valence-electron chi connectivity index (χ1n) is 8.43. The standard InChI is InChI=1S/C20H24N4O2.HI/c1-22-20(23-15-17-7-3-6-16(12-17)14-21)24-18-8-4-9-19(13-18)26-11-5-10-25-2;/h3-4,6-9,12-13H,5,10-11,15H2,1-2H3,(H2,22,23,24);1H. The Kier molecular flexibility index (Phi) is 10.9.